The molecule has 0 radical (unpaired) electrons. The zero-order valence-corrected chi connectivity index (χ0v) is 19.3. The topological polar surface area (TPSA) is 98.7 Å². The van der Waals surface area contributed by atoms with Gasteiger partial charge in [-0.3, -0.25) is 4.98 Å². The number of nitrogens with zero attached hydrogens (tertiary/aromatic N) is 4. The second kappa shape index (κ2) is 10.2. The smallest absolute Gasteiger partial charge is 0.341 e. The number of pyridine rings is 1. The zero-order chi connectivity index (χ0) is 23.3. The Morgan fingerprint density at radius 1 is 1.06 bits per heavy atom. The van der Waals surface area contributed by atoms with E-state index in [9.17, 15) is 4.79 Å². The van der Waals surface area contributed by atoms with Crippen LogP contribution in [0.5, 0.6) is 5.75 Å². The number of carbonyl (C=O) groups is 1. The van der Waals surface area contributed by atoms with Crippen molar-refractivity contribution in [2.24, 2.45) is 0 Å². The molecule has 0 amide bonds. The number of aromatic nitrogens is 3. The highest BCUT2D eigenvalue weighted by Crippen LogP contribution is 2.33. The molecule has 1 saturated heterocycles. The minimum atomic E-state index is -0.388. The molecule has 9 nitrogen and oxygen atoms in total. The lowest BCUT2D eigenvalue weighted by Crippen LogP contribution is -2.36. The minimum absolute atomic E-state index is 0.0898. The molecular formula is C25H29N5O4. The molecule has 0 spiro atoms. The third kappa shape index (κ3) is 4.89. The maximum absolute atomic E-state index is 12.0. The van der Waals surface area contributed by atoms with Crippen LogP contribution < -0.4 is 15.0 Å². The molecular weight excluding hydrogens is 434 g/mol. The summed E-state index contributed by atoms with van der Waals surface area (Å²) in [6, 6.07) is 7.84. The van der Waals surface area contributed by atoms with Gasteiger partial charge in [-0.15, -0.1) is 0 Å². The molecule has 2 aromatic heterocycles. The van der Waals surface area contributed by atoms with Crippen LogP contribution in [0.2, 0.25) is 0 Å². The van der Waals surface area contributed by atoms with E-state index in [1.54, 1.807) is 30.7 Å². The molecule has 3 heterocycles. The number of carbonyl (C=O) groups excluding carboxylic acids is 1. The summed E-state index contributed by atoms with van der Waals surface area (Å²) in [6.45, 7) is 3.14. The first-order valence-electron chi connectivity index (χ1n) is 11.8. The van der Waals surface area contributed by atoms with Gasteiger partial charge in [0.1, 0.15) is 22.6 Å². The van der Waals surface area contributed by atoms with Gasteiger partial charge < -0.3 is 24.4 Å². The molecule has 178 valence electrons. The minimum Gasteiger partial charge on any atom is -0.488 e. The Labute approximate surface area is 198 Å². The van der Waals surface area contributed by atoms with Crippen LogP contribution in [0.15, 0.2) is 42.9 Å². The summed E-state index contributed by atoms with van der Waals surface area (Å²) in [5, 5.41) is 3.42. The fourth-order valence-corrected chi connectivity index (χ4v) is 4.62. The fraction of sp³-hybridized carbons (Fsp3) is 0.440. The lowest BCUT2D eigenvalue weighted by Gasteiger charge is -2.31. The van der Waals surface area contributed by atoms with Crippen molar-refractivity contribution in [3.8, 4) is 5.75 Å². The van der Waals surface area contributed by atoms with E-state index >= 15 is 0 Å². The molecule has 3 aromatic rings. The second-order valence-corrected chi connectivity index (χ2v) is 8.59. The van der Waals surface area contributed by atoms with Gasteiger partial charge in [0.25, 0.3) is 0 Å². The van der Waals surface area contributed by atoms with Crippen molar-refractivity contribution in [1.29, 1.82) is 0 Å². The van der Waals surface area contributed by atoms with Crippen molar-refractivity contribution in [1.82, 2.24) is 15.0 Å². The highest BCUT2D eigenvalue weighted by molar-refractivity contribution is 5.94. The van der Waals surface area contributed by atoms with E-state index < -0.39 is 0 Å². The molecule has 2 fully saturated rings. The summed E-state index contributed by atoms with van der Waals surface area (Å²) in [5.41, 5.74) is 3.17. The second-order valence-electron chi connectivity index (χ2n) is 8.59. The number of benzene rings is 1. The van der Waals surface area contributed by atoms with E-state index in [-0.39, 0.29) is 18.1 Å². The first kappa shape index (κ1) is 22.3. The van der Waals surface area contributed by atoms with Crippen LogP contribution >= 0.6 is 0 Å². The van der Waals surface area contributed by atoms with Gasteiger partial charge in [0.05, 0.1) is 31.9 Å². The molecule has 34 heavy (non-hydrogen) atoms. The standard InChI is InChI=1S/C25H29N5O4/c1-32-25(31)20-3-2-8-28-24(20)29-17-4-6-19(7-5-17)34-22-16-18(30-11-13-33-14-12-30)15-21-23(22)27-10-9-26-21/h2-3,8-10,15-17,19H,4-7,11-14H2,1H3,(H,28,29). The van der Waals surface area contributed by atoms with Gasteiger partial charge in [-0.1, -0.05) is 0 Å². The first-order valence-corrected chi connectivity index (χ1v) is 11.8. The Bertz CT molecular complexity index is 1140. The van der Waals surface area contributed by atoms with Crippen LogP contribution in [-0.2, 0) is 9.47 Å². The molecule has 1 saturated carbocycles. The van der Waals surface area contributed by atoms with Crippen LogP contribution in [0.3, 0.4) is 0 Å². The van der Waals surface area contributed by atoms with Gasteiger partial charge in [0.15, 0.2) is 0 Å². The summed E-state index contributed by atoms with van der Waals surface area (Å²) in [5.74, 6) is 0.958. The summed E-state index contributed by atoms with van der Waals surface area (Å²) >= 11 is 0. The normalized spacial score (nSPS) is 20.7. The number of methoxy groups -OCH3 is 1. The molecule has 5 rings (SSSR count). The van der Waals surface area contributed by atoms with Crippen molar-refractivity contribution < 1.29 is 19.0 Å². The van der Waals surface area contributed by atoms with Crippen molar-refractivity contribution >= 4 is 28.5 Å². The monoisotopic (exact) mass is 463 g/mol. The number of rotatable bonds is 6. The summed E-state index contributed by atoms with van der Waals surface area (Å²) in [7, 11) is 1.38. The van der Waals surface area contributed by atoms with E-state index in [4.69, 9.17) is 14.2 Å². The van der Waals surface area contributed by atoms with Gasteiger partial charge in [0.2, 0.25) is 0 Å². The highest BCUT2D eigenvalue weighted by atomic mass is 16.5. The summed E-state index contributed by atoms with van der Waals surface area (Å²) in [6.07, 6.45) is 8.79. The van der Waals surface area contributed by atoms with Crippen LogP contribution in [0.4, 0.5) is 11.5 Å². The Morgan fingerprint density at radius 3 is 2.65 bits per heavy atom. The lowest BCUT2D eigenvalue weighted by atomic mass is 9.92. The highest BCUT2D eigenvalue weighted by Gasteiger charge is 2.25. The van der Waals surface area contributed by atoms with Gasteiger partial charge in [0, 0.05) is 49.5 Å². The third-order valence-corrected chi connectivity index (χ3v) is 6.42. The SMILES string of the molecule is COC(=O)c1cccnc1NC1CCC(Oc2cc(N3CCOCC3)cc3nccnc23)CC1. The summed E-state index contributed by atoms with van der Waals surface area (Å²) < 4.78 is 16.9. The number of fused-ring (bicyclic) bond motifs is 1. The largest absolute Gasteiger partial charge is 0.488 e. The number of nitrogens with one attached hydrogen (secondary N) is 1. The third-order valence-electron chi connectivity index (χ3n) is 6.42. The number of esters is 1. The maximum atomic E-state index is 12.0. The molecule has 0 unspecified atom stereocenters. The Balaban J connectivity index is 1.27. The summed E-state index contributed by atoms with van der Waals surface area (Å²) in [4.78, 5) is 27.8. The number of anilines is 2. The molecule has 9 heteroatoms. The van der Waals surface area contributed by atoms with E-state index in [0.29, 0.717) is 11.4 Å². The van der Waals surface area contributed by atoms with Crippen LogP contribution in [0.25, 0.3) is 11.0 Å². The van der Waals surface area contributed by atoms with Crippen LogP contribution in [0.1, 0.15) is 36.0 Å². The molecule has 1 aliphatic heterocycles. The van der Waals surface area contributed by atoms with Gasteiger partial charge in [-0.05, 0) is 43.9 Å². The quantitative estimate of drug-likeness (QED) is 0.551. The zero-order valence-electron chi connectivity index (χ0n) is 19.3. The van der Waals surface area contributed by atoms with Crippen molar-refractivity contribution in [2.45, 2.75) is 37.8 Å². The number of morpholine rings is 1. The predicted octanol–water partition coefficient (Wildman–Crippen LogP) is 3.45. The molecule has 0 atom stereocenters. The van der Waals surface area contributed by atoms with Crippen molar-refractivity contribution in [3.63, 3.8) is 0 Å². The van der Waals surface area contributed by atoms with Gasteiger partial charge >= 0.3 is 5.97 Å². The maximum Gasteiger partial charge on any atom is 0.341 e. The van der Waals surface area contributed by atoms with E-state index in [0.717, 1.165) is 74.5 Å². The van der Waals surface area contributed by atoms with Crippen LogP contribution in [0, 0.1) is 0 Å². The molecule has 1 aromatic carbocycles. The number of hydrogen-bond acceptors (Lipinski definition) is 9. The lowest BCUT2D eigenvalue weighted by molar-refractivity contribution is 0.0601. The Morgan fingerprint density at radius 2 is 1.85 bits per heavy atom. The van der Waals surface area contributed by atoms with Crippen LogP contribution in [-0.4, -0.2) is 66.5 Å². The molecule has 1 aliphatic carbocycles. The fourth-order valence-electron chi connectivity index (χ4n) is 4.62. The Kier molecular flexibility index (Phi) is 6.71. The van der Waals surface area contributed by atoms with Gasteiger partial charge in [-0.25, -0.2) is 14.8 Å². The van der Waals surface area contributed by atoms with Crippen molar-refractivity contribution in [3.05, 3.63) is 48.4 Å². The van der Waals surface area contributed by atoms with Crippen molar-refractivity contribution in [2.75, 3.05) is 43.6 Å². The van der Waals surface area contributed by atoms with E-state index in [2.05, 4.69) is 37.3 Å². The predicted molar refractivity (Wildman–Crippen MR) is 128 cm³/mol. The molecule has 2 aliphatic rings. The first-order chi connectivity index (χ1) is 16.7. The molecule has 0 bridgehead atoms. The average Bonchev–Trinajstić information content (AvgIpc) is 2.90. The average molecular weight is 464 g/mol. The Hall–Kier alpha value is -3.46. The van der Waals surface area contributed by atoms with E-state index in [1.165, 1.54) is 7.11 Å². The van der Waals surface area contributed by atoms with Gasteiger partial charge in [-0.2, -0.15) is 0 Å². The number of hydrogen-bond donors (Lipinski definition) is 1. The van der Waals surface area contributed by atoms with E-state index in [1.807, 2.05) is 0 Å². The molecule has 1 N–H and O–H groups in total. The number of ether oxygens (including phenoxy) is 3.